The molecule has 0 spiro atoms. The highest BCUT2D eigenvalue weighted by Crippen LogP contribution is 2.23. The molecule has 106 valence electrons. The van der Waals surface area contributed by atoms with Crippen LogP contribution in [0.2, 0.25) is 0 Å². The largest absolute Gasteiger partial charge is 0.240 e. The molecule has 0 radical (unpaired) electrons. The topological polar surface area (TPSA) is 46.2 Å². The van der Waals surface area contributed by atoms with Crippen LogP contribution in [0.5, 0.6) is 0 Å². The van der Waals surface area contributed by atoms with Crippen LogP contribution in [0.25, 0.3) is 0 Å². The third-order valence-corrected chi connectivity index (χ3v) is 5.48. The van der Waals surface area contributed by atoms with E-state index in [4.69, 9.17) is 11.6 Å². The Morgan fingerprint density at radius 2 is 1.84 bits per heavy atom. The molecular formula is C14H20ClNO2S. The quantitative estimate of drug-likeness (QED) is 0.821. The third-order valence-electron chi connectivity index (χ3n) is 3.29. The van der Waals surface area contributed by atoms with Gasteiger partial charge in [0, 0.05) is 11.4 Å². The van der Waals surface area contributed by atoms with Gasteiger partial charge in [-0.1, -0.05) is 26.0 Å². The molecule has 0 saturated heterocycles. The number of hydrogen-bond donors (Lipinski definition) is 1. The fourth-order valence-corrected chi connectivity index (χ4v) is 3.24. The van der Waals surface area contributed by atoms with Gasteiger partial charge in [-0.05, 0) is 42.9 Å². The number of sulfonamides is 1. The Hall–Kier alpha value is -0.580. The van der Waals surface area contributed by atoms with Crippen LogP contribution in [0.4, 0.5) is 0 Å². The Bertz CT molecular complexity index is 521. The third kappa shape index (κ3) is 4.20. The van der Waals surface area contributed by atoms with Crippen LogP contribution in [-0.2, 0) is 16.4 Å². The van der Waals surface area contributed by atoms with E-state index in [1.165, 1.54) is 0 Å². The fraction of sp³-hybridized carbons (Fsp3) is 0.571. The van der Waals surface area contributed by atoms with Crippen molar-refractivity contribution in [3.63, 3.8) is 0 Å². The summed E-state index contributed by atoms with van der Waals surface area (Å²) in [4.78, 5) is 0.332. The maximum atomic E-state index is 12.0. The molecule has 3 nitrogen and oxygen atoms in total. The van der Waals surface area contributed by atoms with Gasteiger partial charge in [0.05, 0.1) is 4.90 Å². The van der Waals surface area contributed by atoms with E-state index < -0.39 is 10.0 Å². The maximum Gasteiger partial charge on any atom is 0.240 e. The first-order valence-corrected chi connectivity index (χ1v) is 8.56. The zero-order valence-corrected chi connectivity index (χ0v) is 12.8. The number of nitrogens with one attached hydrogen (secondary N) is 1. The number of benzene rings is 1. The van der Waals surface area contributed by atoms with E-state index in [9.17, 15) is 8.42 Å². The Kier molecular flexibility index (Phi) is 4.54. The van der Waals surface area contributed by atoms with Crippen molar-refractivity contribution in [2.45, 2.75) is 49.4 Å². The second-order valence-corrected chi connectivity index (χ2v) is 7.78. The number of halogens is 1. The van der Waals surface area contributed by atoms with Crippen LogP contribution in [0.15, 0.2) is 29.2 Å². The Morgan fingerprint density at radius 1 is 1.26 bits per heavy atom. The lowest BCUT2D eigenvalue weighted by Gasteiger charge is -2.13. The standard InChI is InChI=1S/C14H20ClNO2S/c1-10(2)14(15)9-11-3-7-13(8-4-11)19(17,18)16-12-5-6-12/h3-4,7-8,10,12,14,16H,5-6,9H2,1-2H3. The monoisotopic (exact) mass is 301 g/mol. The van der Waals surface area contributed by atoms with Crippen molar-refractivity contribution in [1.82, 2.24) is 4.72 Å². The first-order valence-electron chi connectivity index (χ1n) is 6.64. The van der Waals surface area contributed by atoms with E-state index >= 15 is 0 Å². The van der Waals surface area contributed by atoms with E-state index in [0.29, 0.717) is 10.8 Å². The molecule has 1 saturated carbocycles. The van der Waals surface area contributed by atoms with Crippen LogP contribution < -0.4 is 4.72 Å². The smallest absolute Gasteiger partial charge is 0.208 e. The molecule has 1 fully saturated rings. The van der Waals surface area contributed by atoms with Gasteiger partial charge < -0.3 is 0 Å². The van der Waals surface area contributed by atoms with Crippen molar-refractivity contribution in [2.24, 2.45) is 5.92 Å². The highest BCUT2D eigenvalue weighted by atomic mass is 35.5. The van der Waals surface area contributed by atoms with Crippen molar-refractivity contribution in [3.05, 3.63) is 29.8 Å². The second-order valence-electron chi connectivity index (χ2n) is 5.50. The van der Waals surface area contributed by atoms with E-state index in [2.05, 4.69) is 18.6 Å². The normalized spacial score (nSPS) is 17.7. The summed E-state index contributed by atoms with van der Waals surface area (Å²) < 4.78 is 26.6. The molecule has 0 aliphatic heterocycles. The highest BCUT2D eigenvalue weighted by Gasteiger charge is 2.27. The van der Waals surface area contributed by atoms with Crippen molar-refractivity contribution in [1.29, 1.82) is 0 Å². The fourth-order valence-electron chi connectivity index (χ4n) is 1.75. The first-order chi connectivity index (χ1) is 8.88. The predicted molar refractivity (Wildman–Crippen MR) is 78.0 cm³/mol. The molecular weight excluding hydrogens is 282 g/mol. The van der Waals surface area contributed by atoms with Crippen LogP contribution in [0.3, 0.4) is 0 Å². The molecule has 0 heterocycles. The van der Waals surface area contributed by atoms with Crippen molar-refractivity contribution >= 4 is 21.6 Å². The summed E-state index contributed by atoms with van der Waals surface area (Å²) in [5, 5.41) is 0.0760. The van der Waals surface area contributed by atoms with E-state index in [0.717, 1.165) is 24.8 Å². The zero-order valence-electron chi connectivity index (χ0n) is 11.3. The highest BCUT2D eigenvalue weighted by molar-refractivity contribution is 7.89. The average molecular weight is 302 g/mol. The lowest BCUT2D eigenvalue weighted by Crippen LogP contribution is -2.25. The van der Waals surface area contributed by atoms with Gasteiger partial charge in [0.1, 0.15) is 0 Å². The Labute approximate surface area is 120 Å². The van der Waals surface area contributed by atoms with E-state index in [1.54, 1.807) is 12.1 Å². The van der Waals surface area contributed by atoms with E-state index in [1.807, 2.05) is 12.1 Å². The minimum absolute atomic E-state index is 0.0760. The van der Waals surface area contributed by atoms with Crippen LogP contribution in [0.1, 0.15) is 32.3 Å². The number of rotatable bonds is 6. The molecule has 2 rings (SSSR count). The van der Waals surface area contributed by atoms with Gasteiger partial charge in [-0.15, -0.1) is 11.6 Å². The molecule has 0 bridgehead atoms. The summed E-state index contributed by atoms with van der Waals surface area (Å²) in [5.74, 6) is 0.404. The van der Waals surface area contributed by atoms with Gasteiger partial charge in [-0.25, -0.2) is 13.1 Å². The van der Waals surface area contributed by atoms with Gasteiger partial charge >= 0.3 is 0 Å². The summed E-state index contributed by atoms with van der Waals surface area (Å²) >= 11 is 6.23. The number of alkyl halides is 1. The summed E-state index contributed by atoms with van der Waals surface area (Å²) in [6, 6.07) is 7.14. The van der Waals surface area contributed by atoms with Crippen LogP contribution >= 0.6 is 11.6 Å². The number of hydrogen-bond acceptors (Lipinski definition) is 2. The lowest BCUT2D eigenvalue weighted by atomic mass is 10.0. The second kappa shape index (κ2) is 5.81. The van der Waals surface area contributed by atoms with Gasteiger partial charge in [-0.2, -0.15) is 0 Å². The molecule has 0 aromatic heterocycles. The Balaban J connectivity index is 2.05. The molecule has 1 N–H and O–H groups in total. The molecule has 0 amide bonds. The minimum Gasteiger partial charge on any atom is -0.208 e. The molecule has 5 heteroatoms. The van der Waals surface area contributed by atoms with Crippen molar-refractivity contribution in [2.75, 3.05) is 0 Å². The molecule has 1 unspecified atom stereocenters. The zero-order chi connectivity index (χ0) is 14.0. The maximum absolute atomic E-state index is 12.0. The Morgan fingerprint density at radius 3 is 2.32 bits per heavy atom. The molecule has 1 aliphatic rings. The van der Waals surface area contributed by atoms with E-state index in [-0.39, 0.29) is 11.4 Å². The van der Waals surface area contributed by atoms with Crippen LogP contribution in [0, 0.1) is 5.92 Å². The summed E-state index contributed by atoms with van der Waals surface area (Å²) in [5.41, 5.74) is 1.07. The van der Waals surface area contributed by atoms with Crippen LogP contribution in [-0.4, -0.2) is 19.8 Å². The SMILES string of the molecule is CC(C)C(Cl)Cc1ccc(S(=O)(=O)NC2CC2)cc1. The molecule has 1 aromatic rings. The summed E-state index contributed by atoms with van der Waals surface area (Å²) in [6.45, 7) is 4.16. The molecule has 19 heavy (non-hydrogen) atoms. The van der Waals surface area contributed by atoms with Gasteiger partial charge in [0.15, 0.2) is 0 Å². The molecule has 1 aromatic carbocycles. The van der Waals surface area contributed by atoms with Gasteiger partial charge in [0.25, 0.3) is 0 Å². The molecule has 1 atom stereocenters. The van der Waals surface area contributed by atoms with Crippen molar-refractivity contribution in [3.8, 4) is 0 Å². The first kappa shape index (κ1) is 14.8. The average Bonchev–Trinajstić information content (AvgIpc) is 3.12. The summed E-state index contributed by atoms with van der Waals surface area (Å²) in [7, 11) is -3.34. The minimum atomic E-state index is -3.34. The predicted octanol–water partition coefficient (Wildman–Crippen LogP) is 2.93. The van der Waals surface area contributed by atoms with Gasteiger partial charge in [-0.3, -0.25) is 0 Å². The molecule has 1 aliphatic carbocycles. The van der Waals surface area contributed by atoms with Crippen molar-refractivity contribution < 1.29 is 8.42 Å². The van der Waals surface area contributed by atoms with Gasteiger partial charge in [0.2, 0.25) is 10.0 Å². The lowest BCUT2D eigenvalue weighted by molar-refractivity contribution is 0.580. The summed E-state index contributed by atoms with van der Waals surface area (Å²) in [6.07, 6.45) is 2.65.